The van der Waals surface area contributed by atoms with Crippen LogP contribution in [0.1, 0.15) is 56.2 Å². The minimum Gasteiger partial charge on any atom is -0.375 e. The fourth-order valence-corrected chi connectivity index (χ4v) is 3.52. The maximum Gasteiger partial charge on any atom is 0.0721 e. The smallest absolute Gasteiger partial charge is 0.0721 e. The molecule has 3 rings (SSSR count). The van der Waals surface area contributed by atoms with Gasteiger partial charge in [-0.1, -0.05) is 50.5 Å². The molecule has 2 aliphatic rings. The van der Waals surface area contributed by atoms with E-state index in [0.717, 1.165) is 19.1 Å². The molecule has 1 aliphatic carbocycles. The Morgan fingerprint density at radius 3 is 2.89 bits per heavy atom. The summed E-state index contributed by atoms with van der Waals surface area (Å²) in [6, 6.07) is 9.75. The summed E-state index contributed by atoms with van der Waals surface area (Å²) < 4.78 is 5.75. The largest absolute Gasteiger partial charge is 0.375 e. The molecule has 3 unspecified atom stereocenters. The number of ether oxygens (including phenoxy) is 1. The second-order valence-electron chi connectivity index (χ2n) is 6.15. The Labute approximate surface area is 116 Å². The third kappa shape index (κ3) is 3.01. The fraction of sp³-hybridized carbons (Fsp3) is 0.647. The van der Waals surface area contributed by atoms with Crippen molar-refractivity contribution in [3.63, 3.8) is 0 Å². The van der Waals surface area contributed by atoms with Crippen LogP contribution >= 0.6 is 0 Å². The van der Waals surface area contributed by atoms with Gasteiger partial charge < -0.3 is 10.1 Å². The zero-order valence-corrected chi connectivity index (χ0v) is 11.9. The molecule has 104 valence electrons. The first kappa shape index (κ1) is 13.1. The van der Waals surface area contributed by atoms with Crippen LogP contribution in [0.25, 0.3) is 0 Å². The molecule has 1 aliphatic heterocycles. The summed E-state index contributed by atoms with van der Waals surface area (Å²) in [5, 5.41) is 3.88. The van der Waals surface area contributed by atoms with E-state index >= 15 is 0 Å². The van der Waals surface area contributed by atoms with Crippen LogP contribution in [0.4, 0.5) is 0 Å². The van der Waals surface area contributed by atoms with Crippen LogP contribution in [-0.4, -0.2) is 12.6 Å². The molecule has 0 spiro atoms. The normalized spacial score (nSPS) is 31.5. The number of fused-ring (bicyclic) bond motifs is 1. The molecule has 1 saturated carbocycles. The predicted octanol–water partition coefficient (Wildman–Crippen LogP) is 3.82. The van der Waals surface area contributed by atoms with E-state index in [2.05, 4.69) is 36.5 Å². The van der Waals surface area contributed by atoms with Crippen LogP contribution < -0.4 is 5.32 Å². The van der Waals surface area contributed by atoms with E-state index in [9.17, 15) is 0 Å². The van der Waals surface area contributed by atoms with E-state index in [1.54, 1.807) is 0 Å². The van der Waals surface area contributed by atoms with Crippen molar-refractivity contribution in [1.82, 2.24) is 5.32 Å². The molecule has 1 aromatic carbocycles. The maximum atomic E-state index is 5.75. The van der Waals surface area contributed by atoms with Gasteiger partial charge in [-0.25, -0.2) is 0 Å². The molecule has 2 nitrogen and oxygen atoms in total. The van der Waals surface area contributed by atoms with Gasteiger partial charge in [0.1, 0.15) is 0 Å². The first-order valence-corrected chi connectivity index (χ1v) is 7.76. The van der Waals surface area contributed by atoms with Crippen molar-refractivity contribution in [3.05, 3.63) is 35.4 Å². The standard InChI is InChI=1S/C17H25NO/c1-13-7-3-2-4-10-16(13)18-17-12-19-11-14-8-5-6-9-15(14)17/h5-6,8-9,13,16-18H,2-4,7,10-12H2,1H3. The number of hydrogen-bond donors (Lipinski definition) is 1. The minimum absolute atomic E-state index is 0.385. The average molecular weight is 259 g/mol. The van der Waals surface area contributed by atoms with Gasteiger partial charge in [0.15, 0.2) is 0 Å². The Morgan fingerprint density at radius 1 is 1.11 bits per heavy atom. The second-order valence-corrected chi connectivity index (χ2v) is 6.15. The van der Waals surface area contributed by atoms with Gasteiger partial charge in [-0.3, -0.25) is 0 Å². The van der Waals surface area contributed by atoms with Gasteiger partial charge >= 0.3 is 0 Å². The number of hydrogen-bond acceptors (Lipinski definition) is 2. The molecule has 2 heteroatoms. The molecule has 3 atom stereocenters. The molecular formula is C17H25NO. The Bertz CT molecular complexity index is 417. The van der Waals surface area contributed by atoms with Crippen LogP contribution in [0, 0.1) is 5.92 Å². The van der Waals surface area contributed by atoms with Crippen molar-refractivity contribution in [2.75, 3.05) is 6.61 Å². The highest BCUT2D eigenvalue weighted by atomic mass is 16.5. The highest BCUT2D eigenvalue weighted by Gasteiger charge is 2.26. The Morgan fingerprint density at radius 2 is 1.95 bits per heavy atom. The molecular weight excluding hydrogens is 234 g/mol. The Hall–Kier alpha value is -0.860. The van der Waals surface area contributed by atoms with Gasteiger partial charge in [0, 0.05) is 6.04 Å². The van der Waals surface area contributed by atoms with Crippen molar-refractivity contribution in [3.8, 4) is 0 Å². The predicted molar refractivity (Wildman–Crippen MR) is 78.0 cm³/mol. The van der Waals surface area contributed by atoms with Crippen molar-refractivity contribution < 1.29 is 4.74 Å². The Balaban J connectivity index is 1.73. The lowest BCUT2D eigenvalue weighted by atomic mass is 9.93. The lowest BCUT2D eigenvalue weighted by molar-refractivity contribution is 0.0751. The lowest BCUT2D eigenvalue weighted by Gasteiger charge is -2.32. The molecule has 0 aromatic heterocycles. The molecule has 1 aromatic rings. The third-order valence-electron chi connectivity index (χ3n) is 4.75. The summed E-state index contributed by atoms with van der Waals surface area (Å²) in [4.78, 5) is 0. The van der Waals surface area contributed by atoms with Gasteiger partial charge in [-0.15, -0.1) is 0 Å². The van der Waals surface area contributed by atoms with Crippen LogP contribution in [0.2, 0.25) is 0 Å². The summed E-state index contributed by atoms with van der Waals surface area (Å²) in [6.07, 6.45) is 6.86. The SMILES string of the molecule is CC1CCCCCC1NC1COCc2ccccc21. The van der Waals surface area contributed by atoms with Crippen molar-refractivity contribution in [2.24, 2.45) is 5.92 Å². The van der Waals surface area contributed by atoms with Gasteiger partial charge in [0.05, 0.1) is 19.3 Å². The number of nitrogens with one attached hydrogen (secondary N) is 1. The molecule has 0 amide bonds. The van der Waals surface area contributed by atoms with Gasteiger partial charge in [-0.2, -0.15) is 0 Å². The fourth-order valence-electron chi connectivity index (χ4n) is 3.52. The molecule has 0 bridgehead atoms. The molecule has 0 radical (unpaired) electrons. The van der Waals surface area contributed by atoms with E-state index in [1.807, 2.05) is 0 Å². The molecule has 0 saturated heterocycles. The lowest BCUT2D eigenvalue weighted by Crippen LogP contribution is -2.40. The quantitative estimate of drug-likeness (QED) is 0.815. The van der Waals surface area contributed by atoms with Gasteiger partial charge in [0.25, 0.3) is 0 Å². The number of benzene rings is 1. The van der Waals surface area contributed by atoms with Crippen molar-refractivity contribution in [1.29, 1.82) is 0 Å². The van der Waals surface area contributed by atoms with Crippen LogP contribution in [0.5, 0.6) is 0 Å². The monoisotopic (exact) mass is 259 g/mol. The van der Waals surface area contributed by atoms with Crippen molar-refractivity contribution in [2.45, 2.75) is 57.7 Å². The third-order valence-corrected chi connectivity index (χ3v) is 4.75. The summed E-state index contributed by atoms with van der Waals surface area (Å²) in [5.41, 5.74) is 2.80. The molecule has 1 fully saturated rings. The van der Waals surface area contributed by atoms with Crippen molar-refractivity contribution >= 4 is 0 Å². The Kier molecular flexibility index (Phi) is 4.19. The number of rotatable bonds is 2. The van der Waals surface area contributed by atoms with E-state index in [-0.39, 0.29) is 0 Å². The zero-order valence-electron chi connectivity index (χ0n) is 11.9. The first-order valence-electron chi connectivity index (χ1n) is 7.76. The summed E-state index contributed by atoms with van der Waals surface area (Å²) in [5.74, 6) is 0.789. The van der Waals surface area contributed by atoms with Crippen LogP contribution in [-0.2, 0) is 11.3 Å². The minimum atomic E-state index is 0.385. The van der Waals surface area contributed by atoms with E-state index in [1.165, 1.54) is 43.2 Å². The highest BCUT2D eigenvalue weighted by Crippen LogP contribution is 2.29. The second kappa shape index (κ2) is 6.06. The van der Waals surface area contributed by atoms with Gasteiger partial charge in [-0.05, 0) is 29.9 Å². The summed E-state index contributed by atoms with van der Waals surface area (Å²) >= 11 is 0. The maximum absolute atomic E-state index is 5.75. The highest BCUT2D eigenvalue weighted by molar-refractivity contribution is 5.31. The van der Waals surface area contributed by atoms with Crippen LogP contribution in [0.15, 0.2) is 24.3 Å². The first-order chi connectivity index (χ1) is 9.34. The van der Waals surface area contributed by atoms with E-state index in [4.69, 9.17) is 4.74 Å². The van der Waals surface area contributed by atoms with Crippen LogP contribution in [0.3, 0.4) is 0 Å². The van der Waals surface area contributed by atoms with E-state index in [0.29, 0.717) is 12.1 Å². The summed E-state index contributed by atoms with van der Waals surface area (Å²) in [7, 11) is 0. The molecule has 1 heterocycles. The topological polar surface area (TPSA) is 21.3 Å². The molecule has 1 N–H and O–H groups in total. The molecule has 19 heavy (non-hydrogen) atoms. The van der Waals surface area contributed by atoms with Gasteiger partial charge in [0.2, 0.25) is 0 Å². The summed E-state index contributed by atoms with van der Waals surface area (Å²) in [6.45, 7) is 3.99. The van der Waals surface area contributed by atoms with E-state index < -0.39 is 0 Å². The average Bonchev–Trinajstić information content (AvgIpc) is 2.65. The zero-order chi connectivity index (χ0) is 13.1.